The largest absolute Gasteiger partial charge is 0.354 e. The second-order valence-corrected chi connectivity index (χ2v) is 5.09. The van der Waals surface area contributed by atoms with Crippen molar-refractivity contribution in [2.75, 3.05) is 13.1 Å². The van der Waals surface area contributed by atoms with E-state index in [1.54, 1.807) is 0 Å². The minimum Gasteiger partial charge on any atom is -0.354 e. The van der Waals surface area contributed by atoms with Crippen molar-refractivity contribution in [1.82, 2.24) is 9.47 Å². The minimum absolute atomic E-state index is 0.337. The number of aromatic nitrogens is 1. The van der Waals surface area contributed by atoms with Crippen molar-refractivity contribution in [2.45, 2.75) is 39.2 Å². The summed E-state index contributed by atoms with van der Waals surface area (Å²) in [5.74, 6) is 1.13. The van der Waals surface area contributed by atoms with E-state index in [4.69, 9.17) is 0 Å². The summed E-state index contributed by atoms with van der Waals surface area (Å²) in [7, 11) is 0. The summed E-state index contributed by atoms with van der Waals surface area (Å²) >= 11 is 0. The fourth-order valence-corrected chi connectivity index (χ4v) is 2.35. The van der Waals surface area contributed by atoms with Gasteiger partial charge in [0.25, 0.3) is 0 Å². The maximum absolute atomic E-state index is 11.9. The van der Waals surface area contributed by atoms with Crippen LogP contribution in [0, 0.1) is 5.92 Å². The molecule has 1 amide bonds. The predicted molar refractivity (Wildman–Crippen MR) is 68.6 cm³/mol. The van der Waals surface area contributed by atoms with Gasteiger partial charge >= 0.3 is 0 Å². The number of hydrogen-bond donors (Lipinski definition) is 0. The molecule has 2 heterocycles. The molecule has 1 fully saturated rings. The zero-order valence-electron chi connectivity index (χ0n) is 10.6. The number of likely N-dealkylation sites (tertiary alicyclic amines) is 1. The number of carbonyl (C=O) groups is 1. The van der Waals surface area contributed by atoms with Crippen LogP contribution in [0.4, 0.5) is 0 Å². The van der Waals surface area contributed by atoms with Gasteiger partial charge in [0, 0.05) is 38.4 Å². The highest BCUT2D eigenvalue weighted by molar-refractivity contribution is 5.76. The van der Waals surface area contributed by atoms with Crippen LogP contribution in [0.3, 0.4) is 0 Å². The average molecular weight is 234 g/mol. The Morgan fingerprint density at radius 3 is 2.53 bits per heavy atom. The molecular weight excluding hydrogens is 212 g/mol. The smallest absolute Gasteiger partial charge is 0.222 e. The fraction of sp³-hybridized carbons (Fsp3) is 0.643. The Bertz CT molecular complexity index is 337. The first kappa shape index (κ1) is 12.2. The average Bonchev–Trinajstić information content (AvgIpc) is 2.83. The Morgan fingerprint density at radius 1 is 1.24 bits per heavy atom. The number of carbonyl (C=O) groups excluding carboxylic acids is 1. The van der Waals surface area contributed by atoms with Gasteiger partial charge in [0.1, 0.15) is 0 Å². The summed E-state index contributed by atoms with van der Waals surface area (Å²) < 4.78 is 2.13. The van der Waals surface area contributed by atoms with Crippen LogP contribution in [0.1, 0.15) is 32.6 Å². The van der Waals surface area contributed by atoms with Crippen LogP contribution in [-0.4, -0.2) is 28.5 Å². The molecule has 0 bridgehead atoms. The van der Waals surface area contributed by atoms with Gasteiger partial charge in [-0.2, -0.15) is 0 Å². The van der Waals surface area contributed by atoms with Crippen molar-refractivity contribution in [3.63, 3.8) is 0 Å². The molecule has 0 aromatic carbocycles. The molecule has 0 atom stereocenters. The Kier molecular flexibility index (Phi) is 4.24. The van der Waals surface area contributed by atoms with E-state index in [0.29, 0.717) is 12.3 Å². The van der Waals surface area contributed by atoms with Crippen molar-refractivity contribution in [3.8, 4) is 0 Å². The number of hydrogen-bond acceptors (Lipinski definition) is 1. The van der Waals surface area contributed by atoms with Crippen molar-refractivity contribution in [3.05, 3.63) is 24.5 Å². The van der Waals surface area contributed by atoms with Crippen LogP contribution in [0.15, 0.2) is 24.5 Å². The van der Waals surface area contributed by atoms with Crippen molar-refractivity contribution < 1.29 is 4.79 Å². The molecule has 0 radical (unpaired) electrons. The van der Waals surface area contributed by atoms with Gasteiger partial charge in [-0.25, -0.2) is 0 Å². The zero-order valence-corrected chi connectivity index (χ0v) is 10.6. The van der Waals surface area contributed by atoms with E-state index in [0.717, 1.165) is 32.0 Å². The molecule has 0 spiro atoms. The number of rotatable bonds is 4. The maximum Gasteiger partial charge on any atom is 0.222 e. The van der Waals surface area contributed by atoms with Crippen LogP contribution in [0.5, 0.6) is 0 Å². The van der Waals surface area contributed by atoms with Crippen LogP contribution in [-0.2, 0) is 11.3 Å². The van der Waals surface area contributed by atoms with Gasteiger partial charge < -0.3 is 9.47 Å². The SMILES string of the molecule is CC1CCN(C(=O)CCCn2cccc2)CC1. The fourth-order valence-electron chi connectivity index (χ4n) is 2.35. The number of amides is 1. The quantitative estimate of drug-likeness (QED) is 0.786. The third-order valence-corrected chi connectivity index (χ3v) is 3.61. The number of aryl methyl sites for hydroxylation is 1. The first-order valence-corrected chi connectivity index (χ1v) is 6.64. The molecule has 94 valence electrons. The summed E-state index contributed by atoms with van der Waals surface area (Å²) in [4.78, 5) is 14.0. The van der Waals surface area contributed by atoms with E-state index in [9.17, 15) is 4.79 Å². The second kappa shape index (κ2) is 5.89. The molecule has 0 unspecified atom stereocenters. The third kappa shape index (κ3) is 3.62. The van der Waals surface area contributed by atoms with E-state index in [1.165, 1.54) is 12.8 Å². The van der Waals surface area contributed by atoms with Gasteiger partial charge in [0.05, 0.1) is 0 Å². The van der Waals surface area contributed by atoms with Gasteiger partial charge in [-0.3, -0.25) is 4.79 Å². The van der Waals surface area contributed by atoms with Gasteiger partial charge in [-0.05, 0) is 37.3 Å². The highest BCUT2D eigenvalue weighted by Gasteiger charge is 2.19. The molecule has 1 aliphatic heterocycles. The molecule has 1 aromatic heterocycles. The monoisotopic (exact) mass is 234 g/mol. The lowest BCUT2D eigenvalue weighted by atomic mass is 9.99. The molecule has 0 saturated carbocycles. The second-order valence-electron chi connectivity index (χ2n) is 5.09. The summed E-state index contributed by atoms with van der Waals surface area (Å²) in [6, 6.07) is 4.04. The molecular formula is C14H22N2O. The molecule has 3 nitrogen and oxygen atoms in total. The molecule has 1 aliphatic rings. The standard InChI is InChI=1S/C14H22N2O/c1-13-6-11-16(12-7-13)14(17)5-4-10-15-8-2-3-9-15/h2-3,8-9,13H,4-7,10-12H2,1H3. The Labute approximate surface area is 103 Å². The van der Waals surface area contributed by atoms with E-state index in [-0.39, 0.29) is 0 Å². The summed E-state index contributed by atoms with van der Waals surface area (Å²) in [5.41, 5.74) is 0. The van der Waals surface area contributed by atoms with Crippen LogP contribution in [0.25, 0.3) is 0 Å². The molecule has 3 heteroatoms. The summed E-state index contributed by atoms with van der Waals surface area (Å²) in [6.45, 7) is 5.14. The Hall–Kier alpha value is -1.25. The molecule has 17 heavy (non-hydrogen) atoms. The third-order valence-electron chi connectivity index (χ3n) is 3.61. The van der Waals surface area contributed by atoms with E-state index in [1.807, 2.05) is 29.4 Å². The Balaban J connectivity index is 1.67. The van der Waals surface area contributed by atoms with Gasteiger partial charge in [0.2, 0.25) is 5.91 Å². The zero-order chi connectivity index (χ0) is 12.1. The van der Waals surface area contributed by atoms with Gasteiger partial charge in [-0.15, -0.1) is 0 Å². The summed E-state index contributed by atoms with van der Waals surface area (Å²) in [5, 5.41) is 0. The van der Waals surface area contributed by atoms with E-state index in [2.05, 4.69) is 11.5 Å². The lowest BCUT2D eigenvalue weighted by Gasteiger charge is -2.30. The minimum atomic E-state index is 0.337. The van der Waals surface area contributed by atoms with Crippen LogP contribution >= 0.6 is 0 Å². The first-order chi connectivity index (χ1) is 8.25. The molecule has 0 N–H and O–H groups in total. The topological polar surface area (TPSA) is 25.2 Å². The van der Waals surface area contributed by atoms with Gasteiger partial charge in [0.15, 0.2) is 0 Å². The molecule has 0 aliphatic carbocycles. The highest BCUT2D eigenvalue weighted by atomic mass is 16.2. The molecule has 1 aromatic rings. The molecule has 2 rings (SSSR count). The number of piperidine rings is 1. The lowest BCUT2D eigenvalue weighted by molar-refractivity contribution is -0.132. The van der Waals surface area contributed by atoms with Crippen LogP contribution < -0.4 is 0 Å². The first-order valence-electron chi connectivity index (χ1n) is 6.64. The van der Waals surface area contributed by atoms with Crippen molar-refractivity contribution >= 4 is 5.91 Å². The highest BCUT2D eigenvalue weighted by Crippen LogP contribution is 2.16. The Morgan fingerprint density at radius 2 is 1.88 bits per heavy atom. The summed E-state index contributed by atoms with van der Waals surface area (Å²) in [6.07, 6.45) is 8.07. The van der Waals surface area contributed by atoms with Crippen molar-refractivity contribution in [2.24, 2.45) is 5.92 Å². The van der Waals surface area contributed by atoms with Crippen LogP contribution in [0.2, 0.25) is 0 Å². The van der Waals surface area contributed by atoms with E-state index >= 15 is 0 Å². The normalized spacial score (nSPS) is 17.4. The van der Waals surface area contributed by atoms with Gasteiger partial charge in [-0.1, -0.05) is 6.92 Å². The van der Waals surface area contributed by atoms with E-state index < -0.39 is 0 Å². The van der Waals surface area contributed by atoms with Crippen molar-refractivity contribution in [1.29, 1.82) is 0 Å². The maximum atomic E-state index is 11.9. The predicted octanol–water partition coefficient (Wildman–Crippen LogP) is 2.53. The number of nitrogens with zero attached hydrogens (tertiary/aromatic N) is 2. The molecule has 1 saturated heterocycles. The lowest BCUT2D eigenvalue weighted by Crippen LogP contribution is -2.37.